The second-order valence-electron chi connectivity index (χ2n) is 5.80. The number of para-hydroxylation sites is 1. The molecule has 0 saturated carbocycles. The van der Waals surface area contributed by atoms with Crippen LogP contribution in [0.25, 0.3) is 16.9 Å². The molecule has 0 bridgehead atoms. The molecule has 1 fully saturated rings. The summed E-state index contributed by atoms with van der Waals surface area (Å²) in [7, 11) is 0. The van der Waals surface area contributed by atoms with Crippen LogP contribution < -0.4 is 0 Å². The summed E-state index contributed by atoms with van der Waals surface area (Å²) >= 11 is 8.21. The molecule has 132 valence electrons. The monoisotopic (exact) mass is 385 g/mol. The molecule has 0 aliphatic carbocycles. The molecule has 26 heavy (non-hydrogen) atoms. The van der Waals surface area contributed by atoms with Crippen LogP contribution in [0.15, 0.2) is 48.8 Å². The molecule has 0 N–H and O–H groups in total. The van der Waals surface area contributed by atoms with Crippen LogP contribution in [0, 0.1) is 0 Å². The molecule has 1 saturated heterocycles. The molecule has 1 aromatic carbocycles. The zero-order chi connectivity index (χ0) is 17.9. The van der Waals surface area contributed by atoms with E-state index in [2.05, 4.69) is 15.3 Å². The van der Waals surface area contributed by atoms with E-state index in [1.54, 1.807) is 23.1 Å². The Bertz CT molecular complexity index is 924. The Kier molecular flexibility index (Phi) is 4.90. The summed E-state index contributed by atoms with van der Waals surface area (Å²) in [6.07, 6.45) is 3.39. The SMILES string of the molecule is O=C(c1nnn(-c2ccccc2Cl)c1-c1cccnc1)N1CCSCC1. The molecule has 2 aromatic heterocycles. The number of nitrogens with zero attached hydrogens (tertiary/aromatic N) is 5. The van der Waals surface area contributed by atoms with Crippen molar-refractivity contribution in [1.82, 2.24) is 24.9 Å². The van der Waals surface area contributed by atoms with Crippen LogP contribution in [0.3, 0.4) is 0 Å². The van der Waals surface area contributed by atoms with E-state index in [-0.39, 0.29) is 5.91 Å². The molecule has 8 heteroatoms. The highest BCUT2D eigenvalue weighted by Crippen LogP contribution is 2.29. The van der Waals surface area contributed by atoms with Gasteiger partial charge >= 0.3 is 0 Å². The first-order chi connectivity index (χ1) is 12.8. The lowest BCUT2D eigenvalue weighted by molar-refractivity contribution is 0.0767. The van der Waals surface area contributed by atoms with Gasteiger partial charge in [-0.3, -0.25) is 9.78 Å². The van der Waals surface area contributed by atoms with Gasteiger partial charge in [0.15, 0.2) is 5.69 Å². The number of pyridine rings is 1. The number of hydrogen-bond acceptors (Lipinski definition) is 5. The molecular formula is C18H16ClN5OS. The number of hydrogen-bond donors (Lipinski definition) is 0. The van der Waals surface area contributed by atoms with Gasteiger partial charge in [-0.2, -0.15) is 11.8 Å². The molecule has 0 unspecified atom stereocenters. The van der Waals surface area contributed by atoms with Gasteiger partial charge in [0, 0.05) is 42.6 Å². The first kappa shape index (κ1) is 17.1. The number of halogens is 1. The van der Waals surface area contributed by atoms with Gasteiger partial charge in [0.1, 0.15) is 5.69 Å². The Morgan fingerprint density at radius 2 is 1.92 bits per heavy atom. The second-order valence-corrected chi connectivity index (χ2v) is 7.43. The smallest absolute Gasteiger partial charge is 0.276 e. The highest BCUT2D eigenvalue weighted by Gasteiger charge is 2.27. The molecule has 1 aliphatic rings. The van der Waals surface area contributed by atoms with E-state index >= 15 is 0 Å². The van der Waals surface area contributed by atoms with Crippen LogP contribution in [-0.4, -0.2) is 55.4 Å². The largest absolute Gasteiger partial charge is 0.336 e. The third-order valence-electron chi connectivity index (χ3n) is 4.19. The predicted octanol–water partition coefficient (Wildman–Crippen LogP) is 3.17. The maximum absolute atomic E-state index is 13.1. The second kappa shape index (κ2) is 7.47. The molecule has 1 aliphatic heterocycles. The molecule has 6 nitrogen and oxygen atoms in total. The third-order valence-corrected chi connectivity index (χ3v) is 5.45. The molecule has 0 spiro atoms. The minimum atomic E-state index is -0.109. The number of carbonyl (C=O) groups excluding carboxylic acids is 1. The van der Waals surface area contributed by atoms with Crippen molar-refractivity contribution >= 4 is 29.3 Å². The molecule has 1 amide bonds. The number of aromatic nitrogens is 4. The minimum Gasteiger partial charge on any atom is -0.336 e. The first-order valence-electron chi connectivity index (χ1n) is 8.24. The number of rotatable bonds is 3. The number of amides is 1. The van der Waals surface area contributed by atoms with Crippen LogP contribution in [-0.2, 0) is 0 Å². The molecule has 0 atom stereocenters. The minimum absolute atomic E-state index is 0.109. The molecular weight excluding hydrogens is 370 g/mol. The van der Waals surface area contributed by atoms with Crippen LogP contribution in [0.1, 0.15) is 10.5 Å². The average molecular weight is 386 g/mol. The van der Waals surface area contributed by atoms with Gasteiger partial charge < -0.3 is 4.90 Å². The van der Waals surface area contributed by atoms with Crippen LogP contribution in [0.5, 0.6) is 0 Å². The maximum Gasteiger partial charge on any atom is 0.276 e. The quantitative estimate of drug-likeness (QED) is 0.692. The average Bonchev–Trinajstić information content (AvgIpc) is 3.14. The fraction of sp³-hybridized carbons (Fsp3) is 0.222. The van der Waals surface area contributed by atoms with Crippen molar-refractivity contribution in [2.75, 3.05) is 24.6 Å². The van der Waals surface area contributed by atoms with E-state index in [0.29, 0.717) is 22.1 Å². The van der Waals surface area contributed by atoms with Crippen molar-refractivity contribution in [2.24, 2.45) is 0 Å². The zero-order valence-electron chi connectivity index (χ0n) is 13.9. The Balaban J connectivity index is 1.85. The van der Waals surface area contributed by atoms with E-state index in [9.17, 15) is 4.79 Å². The normalized spacial score (nSPS) is 14.4. The van der Waals surface area contributed by atoms with Crippen LogP contribution in [0.2, 0.25) is 5.02 Å². The highest BCUT2D eigenvalue weighted by atomic mass is 35.5. The van der Waals surface area contributed by atoms with Gasteiger partial charge in [-0.25, -0.2) is 4.68 Å². The maximum atomic E-state index is 13.1. The number of benzene rings is 1. The summed E-state index contributed by atoms with van der Waals surface area (Å²) in [5.74, 6) is 1.77. The lowest BCUT2D eigenvalue weighted by Crippen LogP contribution is -2.38. The third kappa shape index (κ3) is 3.20. The molecule has 3 aromatic rings. The zero-order valence-corrected chi connectivity index (χ0v) is 15.5. The van der Waals surface area contributed by atoms with E-state index in [1.807, 2.05) is 47.0 Å². The van der Waals surface area contributed by atoms with E-state index in [0.717, 1.165) is 30.2 Å². The fourth-order valence-corrected chi connectivity index (χ4v) is 4.01. The van der Waals surface area contributed by atoms with Crippen LogP contribution >= 0.6 is 23.4 Å². The van der Waals surface area contributed by atoms with Crippen molar-refractivity contribution in [3.05, 3.63) is 59.5 Å². The predicted molar refractivity (Wildman–Crippen MR) is 103 cm³/mol. The Labute approximate surface area is 160 Å². The summed E-state index contributed by atoms with van der Waals surface area (Å²) < 4.78 is 1.62. The van der Waals surface area contributed by atoms with E-state index in [4.69, 9.17) is 11.6 Å². The van der Waals surface area contributed by atoms with E-state index in [1.165, 1.54) is 0 Å². The lowest BCUT2D eigenvalue weighted by Gasteiger charge is -2.25. The van der Waals surface area contributed by atoms with E-state index < -0.39 is 0 Å². The summed E-state index contributed by atoms with van der Waals surface area (Å²) in [6, 6.07) is 11.1. The van der Waals surface area contributed by atoms with Gasteiger partial charge in [0.05, 0.1) is 10.7 Å². The van der Waals surface area contributed by atoms with Crippen molar-refractivity contribution in [1.29, 1.82) is 0 Å². The summed E-state index contributed by atoms with van der Waals surface area (Å²) in [5, 5.41) is 8.99. The Hall–Kier alpha value is -2.38. The highest BCUT2D eigenvalue weighted by molar-refractivity contribution is 7.99. The Morgan fingerprint density at radius 1 is 1.12 bits per heavy atom. The summed E-state index contributed by atoms with van der Waals surface area (Å²) in [4.78, 5) is 19.1. The fourth-order valence-electron chi connectivity index (χ4n) is 2.90. The summed E-state index contributed by atoms with van der Waals surface area (Å²) in [6.45, 7) is 1.43. The van der Waals surface area contributed by atoms with Gasteiger partial charge in [-0.05, 0) is 24.3 Å². The summed E-state index contributed by atoms with van der Waals surface area (Å²) in [5.41, 5.74) is 2.38. The standard InChI is InChI=1S/C18H16ClN5OS/c19-14-5-1-2-6-15(14)24-17(13-4-3-7-20-12-13)16(21-22-24)18(25)23-8-10-26-11-9-23/h1-7,12H,8-11H2. The van der Waals surface area contributed by atoms with Gasteiger partial charge in [0.25, 0.3) is 5.91 Å². The van der Waals surface area contributed by atoms with Gasteiger partial charge in [0.2, 0.25) is 0 Å². The van der Waals surface area contributed by atoms with Crippen LogP contribution in [0.4, 0.5) is 0 Å². The van der Waals surface area contributed by atoms with Crippen molar-refractivity contribution < 1.29 is 4.79 Å². The molecule has 4 rings (SSSR count). The van der Waals surface area contributed by atoms with Crippen molar-refractivity contribution in [2.45, 2.75) is 0 Å². The lowest BCUT2D eigenvalue weighted by atomic mass is 10.1. The number of carbonyl (C=O) groups is 1. The first-order valence-corrected chi connectivity index (χ1v) is 9.77. The van der Waals surface area contributed by atoms with Crippen molar-refractivity contribution in [3.8, 4) is 16.9 Å². The van der Waals surface area contributed by atoms with Gasteiger partial charge in [-0.15, -0.1) is 5.10 Å². The number of thioether (sulfide) groups is 1. The van der Waals surface area contributed by atoms with Gasteiger partial charge in [-0.1, -0.05) is 28.9 Å². The Morgan fingerprint density at radius 3 is 2.65 bits per heavy atom. The van der Waals surface area contributed by atoms with Crippen molar-refractivity contribution in [3.63, 3.8) is 0 Å². The molecule has 0 radical (unpaired) electrons. The molecule has 3 heterocycles. The topological polar surface area (TPSA) is 63.9 Å².